The van der Waals surface area contributed by atoms with Crippen molar-refractivity contribution in [3.63, 3.8) is 0 Å². The highest BCUT2D eigenvalue weighted by atomic mass is 16.5. The van der Waals surface area contributed by atoms with Crippen LogP contribution in [-0.2, 0) is 14.3 Å². The number of carbonyl (C=O) groups is 2. The maximum atomic E-state index is 12.0. The predicted octanol–water partition coefficient (Wildman–Crippen LogP) is -0.383. The molecular weight excluding hydrogens is 208 g/mol. The fraction of sp³-hybridized carbons (Fsp3) is 0.818. The summed E-state index contributed by atoms with van der Waals surface area (Å²) >= 11 is 0. The molecule has 5 heteroatoms. The van der Waals surface area contributed by atoms with Crippen molar-refractivity contribution in [3.8, 4) is 0 Å². The minimum absolute atomic E-state index is 0.108. The van der Waals surface area contributed by atoms with Crippen LogP contribution in [-0.4, -0.2) is 50.1 Å². The highest BCUT2D eigenvalue weighted by Crippen LogP contribution is 2.21. The van der Waals surface area contributed by atoms with Crippen molar-refractivity contribution in [1.29, 1.82) is 0 Å². The average Bonchev–Trinajstić information content (AvgIpc) is 2.97. The van der Waals surface area contributed by atoms with E-state index in [4.69, 9.17) is 4.74 Å². The van der Waals surface area contributed by atoms with E-state index in [0.29, 0.717) is 13.1 Å². The summed E-state index contributed by atoms with van der Waals surface area (Å²) in [6, 6.07) is 0. The van der Waals surface area contributed by atoms with Crippen LogP contribution in [0, 0.1) is 11.8 Å². The van der Waals surface area contributed by atoms with Gasteiger partial charge < -0.3 is 15.0 Å². The predicted molar refractivity (Wildman–Crippen MR) is 57.7 cm³/mol. The van der Waals surface area contributed by atoms with E-state index < -0.39 is 0 Å². The van der Waals surface area contributed by atoms with E-state index in [9.17, 15) is 9.59 Å². The molecule has 2 aliphatic heterocycles. The van der Waals surface area contributed by atoms with Crippen molar-refractivity contribution in [3.05, 3.63) is 0 Å². The quantitative estimate of drug-likeness (QED) is 0.652. The van der Waals surface area contributed by atoms with Crippen molar-refractivity contribution in [2.75, 3.05) is 33.3 Å². The van der Waals surface area contributed by atoms with Crippen LogP contribution in [0.15, 0.2) is 0 Å². The molecule has 1 amide bonds. The highest BCUT2D eigenvalue weighted by Gasteiger charge is 2.35. The first-order valence-electron chi connectivity index (χ1n) is 5.79. The molecule has 2 atom stereocenters. The molecule has 0 saturated carbocycles. The van der Waals surface area contributed by atoms with E-state index in [1.54, 1.807) is 4.90 Å². The van der Waals surface area contributed by atoms with E-state index in [1.165, 1.54) is 7.11 Å². The molecule has 1 N–H and O–H groups in total. The molecule has 2 aliphatic rings. The van der Waals surface area contributed by atoms with Gasteiger partial charge in [0.1, 0.15) is 0 Å². The molecular formula is C11H18N2O3. The average molecular weight is 226 g/mol. The van der Waals surface area contributed by atoms with Crippen LogP contribution in [0.1, 0.15) is 12.8 Å². The molecule has 2 rings (SSSR count). The van der Waals surface area contributed by atoms with Crippen LogP contribution < -0.4 is 5.32 Å². The van der Waals surface area contributed by atoms with Gasteiger partial charge in [0.25, 0.3) is 0 Å². The molecule has 0 bridgehead atoms. The van der Waals surface area contributed by atoms with Gasteiger partial charge in [0.2, 0.25) is 5.91 Å². The van der Waals surface area contributed by atoms with Gasteiger partial charge in [-0.05, 0) is 19.4 Å². The maximum absolute atomic E-state index is 12.0. The van der Waals surface area contributed by atoms with Gasteiger partial charge in [0.15, 0.2) is 0 Å². The Morgan fingerprint density at radius 3 is 2.75 bits per heavy atom. The minimum Gasteiger partial charge on any atom is -0.469 e. The van der Waals surface area contributed by atoms with Crippen LogP contribution >= 0.6 is 0 Å². The number of amides is 1. The lowest BCUT2D eigenvalue weighted by Gasteiger charge is -2.19. The standard InChI is InChI=1S/C11H18N2O3/c1-16-11(15)9-3-5-13(7-9)10(14)8-2-4-12-6-8/h8-9,12H,2-7H2,1H3. The van der Waals surface area contributed by atoms with Crippen molar-refractivity contribution >= 4 is 11.9 Å². The largest absolute Gasteiger partial charge is 0.469 e. The number of hydrogen-bond acceptors (Lipinski definition) is 4. The van der Waals surface area contributed by atoms with Crippen LogP contribution in [0.3, 0.4) is 0 Å². The number of ether oxygens (including phenoxy) is 1. The fourth-order valence-electron chi connectivity index (χ4n) is 2.44. The van der Waals surface area contributed by atoms with Crippen LogP contribution in [0.2, 0.25) is 0 Å². The monoisotopic (exact) mass is 226 g/mol. The first-order chi connectivity index (χ1) is 7.72. The van der Waals surface area contributed by atoms with Crippen molar-refractivity contribution in [1.82, 2.24) is 10.2 Å². The van der Waals surface area contributed by atoms with Gasteiger partial charge in [-0.15, -0.1) is 0 Å². The molecule has 0 aliphatic carbocycles. The second-order valence-corrected chi connectivity index (χ2v) is 4.48. The highest BCUT2D eigenvalue weighted by molar-refractivity contribution is 5.81. The van der Waals surface area contributed by atoms with Gasteiger partial charge in [-0.25, -0.2) is 0 Å². The van der Waals surface area contributed by atoms with Crippen molar-refractivity contribution < 1.29 is 14.3 Å². The summed E-state index contributed by atoms with van der Waals surface area (Å²) in [5.74, 6) is -0.0176. The Kier molecular flexibility index (Phi) is 3.43. The molecule has 2 heterocycles. The summed E-state index contributed by atoms with van der Waals surface area (Å²) in [5.41, 5.74) is 0. The fourth-order valence-corrected chi connectivity index (χ4v) is 2.44. The molecule has 5 nitrogen and oxygen atoms in total. The van der Waals surface area contributed by atoms with Gasteiger partial charge in [-0.1, -0.05) is 0 Å². The maximum Gasteiger partial charge on any atom is 0.310 e. The molecule has 16 heavy (non-hydrogen) atoms. The number of carbonyl (C=O) groups excluding carboxylic acids is 2. The summed E-state index contributed by atoms with van der Waals surface area (Å²) in [4.78, 5) is 25.2. The third-order valence-corrected chi connectivity index (χ3v) is 3.44. The van der Waals surface area contributed by atoms with Crippen molar-refractivity contribution in [2.24, 2.45) is 11.8 Å². The zero-order valence-electron chi connectivity index (χ0n) is 9.57. The van der Waals surface area contributed by atoms with E-state index in [1.807, 2.05) is 0 Å². The van der Waals surface area contributed by atoms with E-state index in [-0.39, 0.29) is 23.7 Å². The summed E-state index contributed by atoms with van der Waals surface area (Å²) in [6.45, 7) is 2.92. The Bertz CT molecular complexity index is 287. The van der Waals surface area contributed by atoms with Gasteiger partial charge >= 0.3 is 5.97 Å². The molecule has 2 saturated heterocycles. The summed E-state index contributed by atoms with van der Waals surface area (Å²) in [7, 11) is 1.40. The molecule has 0 aromatic heterocycles. The van der Waals surface area contributed by atoms with Crippen LogP contribution in [0.4, 0.5) is 0 Å². The molecule has 2 fully saturated rings. The van der Waals surface area contributed by atoms with Gasteiger partial charge in [-0.2, -0.15) is 0 Å². The molecule has 0 aromatic carbocycles. The molecule has 0 aromatic rings. The second kappa shape index (κ2) is 4.82. The van der Waals surface area contributed by atoms with Gasteiger partial charge in [0.05, 0.1) is 18.9 Å². The molecule has 2 unspecified atom stereocenters. The Balaban J connectivity index is 1.87. The van der Waals surface area contributed by atoms with Crippen LogP contribution in [0.25, 0.3) is 0 Å². The van der Waals surface area contributed by atoms with E-state index in [2.05, 4.69) is 5.32 Å². The normalized spacial score (nSPS) is 29.4. The number of esters is 1. The lowest BCUT2D eigenvalue weighted by atomic mass is 10.1. The Morgan fingerprint density at radius 2 is 2.12 bits per heavy atom. The lowest BCUT2D eigenvalue weighted by Crippen LogP contribution is -2.36. The van der Waals surface area contributed by atoms with Gasteiger partial charge in [-0.3, -0.25) is 9.59 Å². The number of nitrogens with one attached hydrogen (secondary N) is 1. The number of hydrogen-bond donors (Lipinski definition) is 1. The van der Waals surface area contributed by atoms with Crippen LogP contribution in [0.5, 0.6) is 0 Å². The lowest BCUT2D eigenvalue weighted by molar-refractivity contribution is -0.145. The first kappa shape index (κ1) is 11.4. The topological polar surface area (TPSA) is 58.6 Å². The zero-order chi connectivity index (χ0) is 11.5. The summed E-state index contributed by atoms with van der Waals surface area (Å²) in [6.07, 6.45) is 1.65. The number of methoxy groups -OCH3 is 1. The third kappa shape index (κ3) is 2.19. The Labute approximate surface area is 95.1 Å². The molecule has 90 valence electrons. The first-order valence-corrected chi connectivity index (χ1v) is 5.79. The summed E-state index contributed by atoms with van der Waals surface area (Å²) < 4.78 is 4.70. The van der Waals surface area contributed by atoms with E-state index >= 15 is 0 Å². The van der Waals surface area contributed by atoms with E-state index in [0.717, 1.165) is 25.9 Å². The molecule has 0 radical (unpaired) electrons. The number of nitrogens with zero attached hydrogens (tertiary/aromatic N) is 1. The number of rotatable bonds is 2. The summed E-state index contributed by atoms with van der Waals surface area (Å²) in [5, 5.41) is 3.18. The Hall–Kier alpha value is -1.10. The molecule has 0 spiro atoms. The SMILES string of the molecule is COC(=O)C1CCN(C(=O)C2CCNC2)C1. The third-order valence-electron chi connectivity index (χ3n) is 3.44. The minimum atomic E-state index is -0.195. The van der Waals surface area contributed by atoms with Gasteiger partial charge in [0, 0.05) is 19.6 Å². The zero-order valence-corrected chi connectivity index (χ0v) is 9.57. The van der Waals surface area contributed by atoms with Crippen molar-refractivity contribution in [2.45, 2.75) is 12.8 Å². The second-order valence-electron chi connectivity index (χ2n) is 4.48. The smallest absolute Gasteiger partial charge is 0.310 e. The number of likely N-dealkylation sites (tertiary alicyclic amines) is 1. The Morgan fingerprint density at radius 1 is 1.31 bits per heavy atom.